The van der Waals surface area contributed by atoms with E-state index in [0.717, 1.165) is 22.6 Å². The average Bonchev–Trinajstić information content (AvgIpc) is 3.20. The normalized spacial score (nSPS) is 15.8. The molecule has 0 saturated heterocycles. The summed E-state index contributed by atoms with van der Waals surface area (Å²) in [5, 5.41) is 6.11. The van der Waals surface area contributed by atoms with Crippen molar-refractivity contribution in [1.29, 1.82) is 0 Å². The summed E-state index contributed by atoms with van der Waals surface area (Å²) in [5.74, 6) is 0.267. The van der Waals surface area contributed by atoms with Gasteiger partial charge in [0.2, 0.25) is 5.91 Å². The predicted molar refractivity (Wildman–Crippen MR) is 110 cm³/mol. The molecule has 1 aliphatic heterocycles. The quantitative estimate of drug-likeness (QED) is 0.722. The summed E-state index contributed by atoms with van der Waals surface area (Å²) >= 11 is 0. The second-order valence-electron chi connectivity index (χ2n) is 6.83. The van der Waals surface area contributed by atoms with Crippen molar-refractivity contribution in [2.75, 3.05) is 34.4 Å². The molecule has 0 saturated carbocycles. The van der Waals surface area contributed by atoms with Gasteiger partial charge in [0.05, 0.1) is 18.9 Å². The van der Waals surface area contributed by atoms with Crippen molar-refractivity contribution in [3.8, 4) is 5.75 Å². The van der Waals surface area contributed by atoms with Gasteiger partial charge in [-0.15, -0.1) is 0 Å². The Kier molecular flexibility index (Phi) is 6.61. The van der Waals surface area contributed by atoms with Gasteiger partial charge < -0.3 is 14.4 Å². The Morgan fingerprint density at radius 1 is 1.10 bits per heavy atom. The molecule has 0 spiro atoms. The number of amides is 2. The Labute approximate surface area is 170 Å². The molecule has 2 aromatic carbocycles. The van der Waals surface area contributed by atoms with Crippen LogP contribution in [0.4, 0.5) is 0 Å². The van der Waals surface area contributed by atoms with Crippen LogP contribution in [0.2, 0.25) is 0 Å². The predicted octanol–water partition coefficient (Wildman–Crippen LogP) is 2.48. The van der Waals surface area contributed by atoms with Crippen molar-refractivity contribution in [3.05, 3.63) is 65.7 Å². The highest BCUT2D eigenvalue weighted by atomic mass is 16.5. The number of carbonyl (C=O) groups excluding carboxylic acids is 2. The number of hydrogen-bond donors (Lipinski definition) is 0. The third-order valence-corrected chi connectivity index (χ3v) is 4.84. The second kappa shape index (κ2) is 9.34. The van der Waals surface area contributed by atoms with Crippen molar-refractivity contribution in [1.82, 2.24) is 9.91 Å². The number of likely N-dealkylation sites (N-methyl/N-ethyl adjacent to an activating group) is 1. The van der Waals surface area contributed by atoms with E-state index in [-0.39, 0.29) is 31.0 Å². The summed E-state index contributed by atoms with van der Waals surface area (Å²) in [4.78, 5) is 26.3. The molecule has 0 aliphatic carbocycles. The summed E-state index contributed by atoms with van der Waals surface area (Å²) in [7, 11) is 4.65. The van der Waals surface area contributed by atoms with Crippen molar-refractivity contribution < 1.29 is 19.1 Å². The van der Waals surface area contributed by atoms with Gasteiger partial charge in [-0.25, -0.2) is 5.01 Å². The van der Waals surface area contributed by atoms with E-state index in [9.17, 15) is 9.59 Å². The molecular weight excluding hydrogens is 370 g/mol. The first-order chi connectivity index (χ1) is 14.0. The lowest BCUT2D eigenvalue weighted by Crippen LogP contribution is -2.40. The first-order valence-electron chi connectivity index (χ1n) is 9.35. The highest BCUT2D eigenvalue weighted by molar-refractivity contribution is 6.03. The van der Waals surface area contributed by atoms with Gasteiger partial charge in [-0.05, 0) is 35.4 Å². The molecule has 152 valence electrons. The fourth-order valence-electron chi connectivity index (χ4n) is 3.23. The van der Waals surface area contributed by atoms with Gasteiger partial charge in [-0.1, -0.05) is 30.3 Å². The van der Waals surface area contributed by atoms with Gasteiger partial charge in [0, 0.05) is 20.6 Å². The van der Waals surface area contributed by atoms with Gasteiger partial charge in [0.15, 0.2) is 0 Å². The lowest BCUT2D eigenvalue weighted by molar-refractivity contribution is -0.142. The van der Waals surface area contributed by atoms with Gasteiger partial charge in [0.25, 0.3) is 5.91 Å². The number of nitrogens with zero attached hydrogens (tertiary/aromatic N) is 3. The summed E-state index contributed by atoms with van der Waals surface area (Å²) in [5.41, 5.74) is 2.76. The molecule has 2 amide bonds. The van der Waals surface area contributed by atoms with Crippen molar-refractivity contribution in [2.45, 2.75) is 12.5 Å². The Hall–Kier alpha value is -3.19. The highest BCUT2D eigenvalue weighted by Gasteiger charge is 2.33. The lowest BCUT2D eigenvalue weighted by atomic mass is 9.98. The molecule has 29 heavy (non-hydrogen) atoms. The van der Waals surface area contributed by atoms with E-state index in [0.29, 0.717) is 6.42 Å². The van der Waals surface area contributed by atoms with Crippen molar-refractivity contribution in [3.63, 3.8) is 0 Å². The molecule has 0 bridgehead atoms. The van der Waals surface area contributed by atoms with Gasteiger partial charge in [-0.3, -0.25) is 9.59 Å². The molecular formula is C22H25N3O4. The number of hydrogen-bond acceptors (Lipinski definition) is 5. The summed E-state index contributed by atoms with van der Waals surface area (Å²) in [6, 6.07) is 17.2. The third-order valence-electron chi connectivity index (χ3n) is 4.84. The SMILES string of the molecule is COCC(=O)N(C)CC(=O)N1N=C(c2ccc(OC)cc2)C[C@@H]1c1ccccc1. The van der Waals surface area contributed by atoms with E-state index < -0.39 is 0 Å². The van der Waals surface area contributed by atoms with Crippen LogP contribution in [0, 0.1) is 0 Å². The molecule has 2 aromatic rings. The minimum atomic E-state index is -0.254. The maximum Gasteiger partial charge on any atom is 0.262 e. The Balaban J connectivity index is 1.85. The molecule has 3 rings (SSSR count). The highest BCUT2D eigenvalue weighted by Crippen LogP contribution is 2.33. The summed E-state index contributed by atoms with van der Waals surface area (Å²) < 4.78 is 10.1. The van der Waals surface area contributed by atoms with E-state index in [1.165, 1.54) is 17.0 Å². The molecule has 0 radical (unpaired) electrons. The van der Waals surface area contributed by atoms with Crippen molar-refractivity contribution in [2.24, 2.45) is 5.10 Å². The minimum Gasteiger partial charge on any atom is -0.497 e. The minimum absolute atomic E-state index is 0.0632. The number of benzene rings is 2. The molecule has 7 nitrogen and oxygen atoms in total. The van der Waals surface area contributed by atoms with Gasteiger partial charge in [0.1, 0.15) is 18.9 Å². The zero-order chi connectivity index (χ0) is 20.8. The Morgan fingerprint density at radius 3 is 2.41 bits per heavy atom. The van der Waals surface area contributed by atoms with Gasteiger partial charge in [-0.2, -0.15) is 5.10 Å². The first kappa shape index (κ1) is 20.5. The average molecular weight is 395 g/mol. The topological polar surface area (TPSA) is 71.4 Å². The molecule has 0 aromatic heterocycles. The van der Waals surface area contributed by atoms with Crippen LogP contribution in [0.15, 0.2) is 59.7 Å². The van der Waals surface area contributed by atoms with Crippen molar-refractivity contribution >= 4 is 17.5 Å². The molecule has 1 aliphatic rings. The van der Waals surface area contributed by atoms with Crippen LogP contribution in [0.5, 0.6) is 5.75 Å². The Bertz CT molecular complexity index is 881. The number of methoxy groups -OCH3 is 2. The van der Waals surface area contributed by atoms with E-state index >= 15 is 0 Å². The van der Waals surface area contributed by atoms with Crippen LogP contribution in [0.1, 0.15) is 23.6 Å². The molecule has 0 N–H and O–H groups in total. The zero-order valence-corrected chi connectivity index (χ0v) is 16.9. The molecule has 0 unspecified atom stereocenters. The number of hydrazone groups is 1. The summed E-state index contributed by atoms with van der Waals surface area (Å²) in [6.07, 6.45) is 0.595. The molecule has 7 heteroatoms. The van der Waals surface area contributed by atoms with E-state index in [4.69, 9.17) is 9.47 Å². The number of carbonyl (C=O) groups is 2. The molecule has 1 heterocycles. The smallest absolute Gasteiger partial charge is 0.262 e. The van der Waals surface area contributed by atoms with Crippen LogP contribution in [0.3, 0.4) is 0 Å². The fourth-order valence-corrected chi connectivity index (χ4v) is 3.23. The van der Waals surface area contributed by atoms with Crippen LogP contribution in [-0.4, -0.2) is 61.9 Å². The monoisotopic (exact) mass is 395 g/mol. The standard InChI is InChI=1S/C22H25N3O4/c1-24(22(27)15-28-2)14-21(26)25-20(17-7-5-4-6-8-17)13-19(23-25)16-9-11-18(29-3)12-10-16/h4-12,20H,13-15H2,1-3H3/t20-/m1/s1. The fraction of sp³-hybridized carbons (Fsp3) is 0.318. The molecule has 1 atom stereocenters. The lowest BCUT2D eigenvalue weighted by Gasteiger charge is -2.24. The van der Waals surface area contributed by atoms with Gasteiger partial charge >= 0.3 is 0 Å². The van der Waals surface area contributed by atoms with E-state index in [2.05, 4.69) is 5.10 Å². The summed E-state index contributed by atoms with van der Waals surface area (Å²) in [6.45, 7) is -0.128. The third kappa shape index (κ3) is 4.81. The zero-order valence-electron chi connectivity index (χ0n) is 16.9. The van der Waals surface area contributed by atoms with Crippen LogP contribution in [0.25, 0.3) is 0 Å². The maximum absolute atomic E-state index is 13.0. The number of ether oxygens (including phenoxy) is 2. The van der Waals surface area contributed by atoms with Crippen LogP contribution < -0.4 is 4.74 Å². The number of rotatable bonds is 7. The second-order valence-corrected chi connectivity index (χ2v) is 6.83. The van der Waals surface area contributed by atoms with Crippen LogP contribution in [-0.2, 0) is 14.3 Å². The largest absolute Gasteiger partial charge is 0.497 e. The van der Waals surface area contributed by atoms with E-state index in [1.54, 1.807) is 14.2 Å². The first-order valence-corrected chi connectivity index (χ1v) is 9.35. The van der Waals surface area contributed by atoms with E-state index in [1.807, 2.05) is 54.6 Å². The molecule has 0 fully saturated rings. The maximum atomic E-state index is 13.0. The van der Waals surface area contributed by atoms with Crippen LogP contribution >= 0.6 is 0 Å². The Morgan fingerprint density at radius 2 is 1.79 bits per heavy atom.